The fourth-order valence-electron chi connectivity index (χ4n) is 3.40. The van der Waals surface area contributed by atoms with Gasteiger partial charge >= 0.3 is 0 Å². The highest BCUT2D eigenvalue weighted by atomic mass is 32.2. The molecule has 27 heavy (non-hydrogen) atoms. The number of hydrogen-bond acceptors (Lipinski definition) is 6. The van der Waals surface area contributed by atoms with Gasteiger partial charge < -0.3 is 9.09 Å². The Morgan fingerprint density at radius 1 is 1.07 bits per heavy atom. The Morgan fingerprint density at radius 2 is 1.93 bits per heavy atom. The quantitative estimate of drug-likeness (QED) is 0.494. The first kappa shape index (κ1) is 16.5. The summed E-state index contributed by atoms with van der Waals surface area (Å²) in [7, 11) is 0. The topological polar surface area (TPSA) is 60.9 Å². The fraction of sp³-hybridized carbons (Fsp3) is 0.150. The third-order valence-electron chi connectivity index (χ3n) is 4.58. The summed E-state index contributed by atoms with van der Waals surface area (Å²) >= 11 is 3.47. The van der Waals surface area contributed by atoms with Crippen molar-refractivity contribution in [2.75, 3.05) is 5.75 Å². The van der Waals surface area contributed by atoms with Crippen LogP contribution in [0.15, 0.2) is 62.1 Å². The Bertz CT molecular complexity index is 1210. The molecule has 0 saturated heterocycles. The van der Waals surface area contributed by atoms with E-state index >= 15 is 0 Å². The molecule has 5 nitrogen and oxygen atoms in total. The summed E-state index contributed by atoms with van der Waals surface area (Å²) in [5.74, 6) is 1.97. The fourth-order valence-corrected chi connectivity index (χ4v) is 5.55. The molecule has 4 heterocycles. The zero-order valence-corrected chi connectivity index (χ0v) is 16.1. The minimum atomic E-state index is 0.0294. The van der Waals surface area contributed by atoms with Crippen molar-refractivity contribution in [2.24, 2.45) is 0 Å². The highest BCUT2D eigenvalue weighted by Crippen LogP contribution is 2.44. The molecule has 3 aromatic heterocycles. The van der Waals surface area contributed by atoms with Crippen molar-refractivity contribution in [3.8, 4) is 33.2 Å². The minimum absolute atomic E-state index is 0.0294. The summed E-state index contributed by atoms with van der Waals surface area (Å²) in [5.41, 5.74) is 3.86. The molecule has 1 aliphatic rings. The monoisotopic (exact) mass is 393 g/mol. The highest BCUT2D eigenvalue weighted by Gasteiger charge is 2.23. The van der Waals surface area contributed by atoms with Gasteiger partial charge in [0, 0.05) is 34.4 Å². The second-order valence-corrected chi connectivity index (χ2v) is 8.29. The zero-order chi connectivity index (χ0) is 18.4. The van der Waals surface area contributed by atoms with E-state index in [1.165, 1.54) is 4.90 Å². The van der Waals surface area contributed by atoms with Crippen LogP contribution in [0.5, 0.6) is 0 Å². The first-order chi connectivity index (χ1) is 13.2. The molecule has 0 aliphatic carbocycles. The van der Waals surface area contributed by atoms with Gasteiger partial charge in [0.05, 0.1) is 10.6 Å². The van der Waals surface area contributed by atoms with E-state index in [1.807, 2.05) is 34.9 Å². The number of benzene rings is 1. The molecular formula is C20H15N3O2S2. The second kappa shape index (κ2) is 6.51. The van der Waals surface area contributed by atoms with Crippen LogP contribution in [0.4, 0.5) is 0 Å². The lowest BCUT2D eigenvalue weighted by Crippen LogP contribution is -2.21. The molecule has 4 aromatic rings. The van der Waals surface area contributed by atoms with Gasteiger partial charge in [-0.3, -0.25) is 4.79 Å². The van der Waals surface area contributed by atoms with Crippen molar-refractivity contribution < 1.29 is 4.52 Å². The molecule has 5 rings (SSSR count). The van der Waals surface area contributed by atoms with Crippen LogP contribution in [-0.4, -0.2) is 20.5 Å². The predicted octanol–water partition coefficient (Wildman–Crippen LogP) is 4.71. The Balaban J connectivity index is 1.82. The largest absolute Gasteiger partial charge is 0.334 e. The van der Waals surface area contributed by atoms with Gasteiger partial charge in [0.15, 0.2) is 5.82 Å². The van der Waals surface area contributed by atoms with Crippen LogP contribution >= 0.6 is 23.1 Å². The normalized spacial score (nSPS) is 13.1. The maximum Gasteiger partial charge on any atom is 0.258 e. The number of pyridine rings is 1. The van der Waals surface area contributed by atoms with Crippen molar-refractivity contribution >= 4 is 23.1 Å². The molecule has 0 bridgehead atoms. The van der Waals surface area contributed by atoms with Crippen LogP contribution < -0.4 is 5.56 Å². The molecule has 1 aliphatic heterocycles. The lowest BCUT2D eigenvalue weighted by Gasteiger charge is -2.16. The summed E-state index contributed by atoms with van der Waals surface area (Å²) < 4.78 is 7.32. The van der Waals surface area contributed by atoms with E-state index in [9.17, 15) is 4.79 Å². The van der Waals surface area contributed by atoms with Crippen molar-refractivity contribution in [3.05, 3.63) is 64.0 Å². The van der Waals surface area contributed by atoms with Crippen LogP contribution in [0.1, 0.15) is 5.82 Å². The summed E-state index contributed by atoms with van der Waals surface area (Å²) in [4.78, 5) is 19.4. The van der Waals surface area contributed by atoms with Crippen LogP contribution in [0.3, 0.4) is 0 Å². The third kappa shape index (κ3) is 2.74. The smallest absolute Gasteiger partial charge is 0.258 e. The van der Waals surface area contributed by atoms with Gasteiger partial charge in [0.2, 0.25) is 0 Å². The van der Waals surface area contributed by atoms with Crippen LogP contribution in [-0.2, 0) is 6.54 Å². The average molecular weight is 393 g/mol. The Hall–Kier alpha value is -2.64. The summed E-state index contributed by atoms with van der Waals surface area (Å²) in [5, 5.41) is 6.01. The lowest BCUT2D eigenvalue weighted by atomic mass is 9.97. The lowest BCUT2D eigenvalue weighted by molar-refractivity contribution is 0.426. The molecule has 0 amide bonds. The maximum atomic E-state index is 12.6. The van der Waals surface area contributed by atoms with Crippen molar-refractivity contribution in [1.29, 1.82) is 0 Å². The molecule has 1 aromatic carbocycles. The van der Waals surface area contributed by atoms with Crippen LogP contribution in [0.25, 0.3) is 33.2 Å². The third-order valence-corrected chi connectivity index (χ3v) is 6.66. The van der Waals surface area contributed by atoms with E-state index in [-0.39, 0.29) is 5.56 Å². The summed E-state index contributed by atoms with van der Waals surface area (Å²) in [6.45, 7) is 2.49. The molecule has 7 heteroatoms. The van der Waals surface area contributed by atoms with Gasteiger partial charge in [-0.1, -0.05) is 23.4 Å². The molecule has 0 N–H and O–H groups in total. The first-order valence-corrected chi connectivity index (χ1v) is 10.4. The number of thioether (sulfide) groups is 1. The predicted molar refractivity (Wildman–Crippen MR) is 108 cm³/mol. The zero-order valence-electron chi connectivity index (χ0n) is 14.5. The van der Waals surface area contributed by atoms with Gasteiger partial charge in [0.25, 0.3) is 11.4 Å². The molecule has 0 saturated carbocycles. The van der Waals surface area contributed by atoms with Crippen LogP contribution in [0.2, 0.25) is 0 Å². The van der Waals surface area contributed by atoms with Crippen molar-refractivity contribution in [3.63, 3.8) is 0 Å². The number of fused-ring (bicyclic) bond motifs is 3. The van der Waals surface area contributed by atoms with E-state index in [1.54, 1.807) is 36.1 Å². The van der Waals surface area contributed by atoms with Gasteiger partial charge in [-0.15, -0.1) is 23.1 Å². The molecule has 0 fully saturated rings. The second-order valence-electron chi connectivity index (χ2n) is 6.24. The van der Waals surface area contributed by atoms with E-state index < -0.39 is 0 Å². The minimum Gasteiger partial charge on any atom is -0.334 e. The average Bonchev–Trinajstić information content (AvgIpc) is 3.28. The molecule has 134 valence electrons. The number of nitrogens with zero attached hydrogens (tertiary/aromatic N) is 3. The summed E-state index contributed by atoms with van der Waals surface area (Å²) in [6.07, 6.45) is 0. The van der Waals surface area contributed by atoms with E-state index in [0.717, 1.165) is 33.0 Å². The molecule has 0 unspecified atom stereocenters. The van der Waals surface area contributed by atoms with Crippen molar-refractivity contribution in [2.45, 2.75) is 18.4 Å². The van der Waals surface area contributed by atoms with E-state index in [0.29, 0.717) is 18.3 Å². The van der Waals surface area contributed by atoms with Crippen LogP contribution in [0, 0.1) is 6.92 Å². The Morgan fingerprint density at radius 3 is 2.74 bits per heavy atom. The summed E-state index contributed by atoms with van der Waals surface area (Å²) in [6, 6.07) is 13.7. The number of rotatable bonds is 2. The molecular weight excluding hydrogens is 378 g/mol. The Kier molecular flexibility index (Phi) is 3.98. The van der Waals surface area contributed by atoms with Gasteiger partial charge in [-0.2, -0.15) is 4.98 Å². The van der Waals surface area contributed by atoms with E-state index in [2.05, 4.69) is 21.6 Å². The number of hydrogen-bond donors (Lipinski definition) is 0. The SMILES string of the molecule is Cc1noc(-c2ccccc2-c2ccc(=O)n3c2-c2sccc2SCC3)n1. The number of aromatic nitrogens is 3. The van der Waals surface area contributed by atoms with Crippen molar-refractivity contribution in [1.82, 2.24) is 14.7 Å². The maximum absolute atomic E-state index is 12.6. The van der Waals surface area contributed by atoms with Gasteiger partial charge in [-0.05, 0) is 36.1 Å². The molecule has 0 radical (unpaired) electrons. The first-order valence-electron chi connectivity index (χ1n) is 8.57. The van der Waals surface area contributed by atoms with Gasteiger partial charge in [-0.25, -0.2) is 0 Å². The highest BCUT2D eigenvalue weighted by molar-refractivity contribution is 7.99. The Labute approximate surface area is 163 Å². The standard InChI is InChI=1S/C20H15N3O2S2/c1-12-21-20(25-22-12)15-5-3-2-4-13(15)14-6-7-17(24)23-9-11-26-16-8-10-27-19(16)18(14)23/h2-8,10H,9,11H2,1H3. The number of aryl methyl sites for hydroxylation is 1. The number of thiophene rings is 1. The van der Waals surface area contributed by atoms with Gasteiger partial charge in [0.1, 0.15) is 0 Å². The van der Waals surface area contributed by atoms with E-state index in [4.69, 9.17) is 4.52 Å². The molecule has 0 atom stereocenters. The molecule has 0 spiro atoms.